The zero-order valence-electron chi connectivity index (χ0n) is 13.9. The molecule has 1 atom stereocenters. The summed E-state index contributed by atoms with van der Waals surface area (Å²) >= 11 is 0. The van der Waals surface area contributed by atoms with E-state index >= 15 is 0 Å². The number of rotatable bonds is 12. The molecule has 0 aliphatic heterocycles. The Bertz CT molecular complexity index is 389. The van der Waals surface area contributed by atoms with Crippen molar-refractivity contribution in [3.05, 3.63) is 0 Å². The number of carbonyl (C=O) groups excluding carboxylic acids is 3. The molecule has 0 bridgehead atoms. The molecule has 0 aromatic rings. The van der Waals surface area contributed by atoms with E-state index in [1.54, 1.807) is 6.92 Å². The Hall–Kier alpha value is -1.51. The molecule has 1 unspecified atom stereocenters. The Labute approximate surface area is 135 Å². The van der Waals surface area contributed by atoms with Crippen molar-refractivity contribution in [2.45, 2.75) is 38.7 Å². The van der Waals surface area contributed by atoms with Gasteiger partial charge in [0, 0.05) is 18.3 Å². The van der Waals surface area contributed by atoms with Gasteiger partial charge in [0.25, 0.3) is 0 Å². The monoisotopic (exact) mass is 334 g/mol. The van der Waals surface area contributed by atoms with E-state index in [0.717, 1.165) is 7.11 Å². The fraction of sp³-hybridized carbons (Fsp3) is 0.800. The molecular weight excluding hydrogens is 308 g/mol. The van der Waals surface area contributed by atoms with Gasteiger partial charge in [-0.25, -0.2) is 4.79 Å². The summed E-state index contributed by atoms with van der Waals surface area (Å²) in [5.74, 6) is -1.67. The molecule has 0 aromatic carbocycles. The number of unbranched alkanes of at least 4 members (excludes halogenated alkanes) is 1. The topological polar surface area (TPSA) is 119 Å². The first-order valence-corrected chi connectivity index (χ1v) is 7.34. The highest BCUT2D eigenvalue weighted by Crippen LogP contribution is 2.17. The Balaban J connectivity index is 4.51. The molecule has 0 heterocycles. The van der Waals surface area contributed by atoms with Crippen LogP contribution in [-0.2, 0) is 28.6 Å². The standard InChI is InChI=1S/C15H26O8/c1-15(8-16,9-17)10-23-13(14(20)22-3)11(18)6-4-5-7-12(19)21-2/h13,16-17H,4-10H2,1-3H3. The largest absolute Gasteiger partial charge is 0.469 e. The maximum atomic E-state index is 12.1. The molecule has 0 spiro atoms. The fourth-order valence-corrected chi connectivity index (χ4v) is 1.63. The van der Waals surface area contributed by atoms with Crippen LogP contribution in [0.4, 0.5) is 0 Å². The van der Waals surface area contributed by atoms with E-state index in [2.05, 4.69) is 9.47 Å². The molecular formula is C15H26O8. The molecule has 8 heteroatoms. The number of aliphatic hydroxyl groups is 2. The Morgan fingerprint density at radius 3 is 2.04 bits per heavy atom. The van der Waals surface area contributed by atoms with Crippen molar-refractivity contribution >= 4 is 17.7 Å². The average Bonchev–Trinajstić information content (AvgIpc) is 2.57. The lowest BCUT2D eigenvalue weighted by atomic mass is 9.94. The lowest BCUT2D eigenvalue weighted by Gasteiger charge is -2.26. The van der Waals surface area contributed by atoms with Crippen molar-refractivity contribution < 1.29 is 38.8 Å². The van der Waals surface area contributed by atoms with Crippen LogP contribution >= 0.6 is 0 Å². The Kier molecular flexibility index (Phi) is 10.4. The Morgan fingerprint density at radius 1 is 1.00 bits per heavy atom. The third-order valence-corrected chi connectivity index (χ3v) is 3.35. The number of ether oxygens (including phenoxy) is 3. The molecule has 0 aliphatic carbocycles. The number of ketones is 1. The van der Waals surface area contributed by atoms with E-state index in [0.29, 0.717) is 12.8 Å². The maximum absolute atomic E-state index is 12.1. The third kappa shape index (κ3) is 8.06. The van der Waals surface area contributed by atoms with Gasteiger partial charge in [-0.2, -0.15) is 0 Å². The number of carbonyl (C=O) groups is 3. The van der Waals surface area contributed by atoms with E-state index in [1.165, 1.54) is 7.11 Å². The molecule has 0 amide bonds. The molecule has 134 valence electrons. The van der Waals surface area contributed by atoms with Crippen LogP contribution in [0.5, 0.6) is 0 Å². The van der Waals surface area contributed by atoms with Crippen molar-refractivity contribution in [1.82, 2.24) is 0 Å². The van der Waals surface area contributed by atoms with Gasteiger partial charge >= 0.3 is 11.9 Å². The minimum atomic E-state index is -1.41. The van der Waals surface area contributed by atoms with E-state index in [-0.39, 0.29) is 38.6 Å². The number of hydrogen-bond acceptors (Lipinski definition) is 8. The average molecular weight is 334 g/mol. The van der Waals surface area contributed by atoms with Crippen molar-refractivity contribution in [2.24, 2.45) is 5.41 Å². The van der Waals surface area contributed by atoms with Gasteiger partial charge in [-0.3, -0.25) is 9.59 Å². The molecule has 0 saturated heterocycles. The summed E-state index contributed by atoms with van der Waals surface area (Å²) in [5.41, 5.74) is -0.961. The molecule has 0 fully saturated rings. The van der Waals surface area contributed by atoms with Gasteiger partial charge in [0.05, 0.1) is 34.0 Å². The van der Waals surface area contributed by atoms with Crippen LogP contribution in [0, 0.1) is 5.41 Å². The van der Waals surface area contributed by atoms with Crippen LogP contribution in [0.25, 0.3) is 0 Å². The van der Waals surface area contributed by atoms with Gasteiger partial charge in [0.1, 0.15) is 0 Å². The van der Waals surface area contributed by atoms with Gasteiger partial charge in [-0.1, -0.05) is 6.92 Å². The Morgan fingerprint density at radius 2 is 1.57 bits per heavy atom. The first-order valence-electron chi connectivity index (χ1n) is 7.34. The van der Waals surface area contributed by atoms with Crippen molar-refractivity contribution in [3.8, 4) is 0 Å². The van der Waals surface area contributed by atoms with Gasteiger partial charge in [-0.05, 0) is 12.8 Å². The minimum Gasteiger partial charge on any atom is -0.469 e. The highest BCUT2D eigenvalue weighted by Gasteiger charge is 2.32. The molecule has 0 aromatic heterocycles. The summed E-state index contributed by atoms with van der Waals surface area (Å²) in [5, 5.41) is 18.4. The predicted molar refractivity (Wildman–Crippen MR) is 79.5 cm³/mol. The molecule has 0 radical (unpaired) electrons. The van der Waals surface area contributed by atoms with Crippen LogP contribution in [0.15, 0.2) is 0 Å². The minimum absolute atomic E-state index is 0.0473. The first kappa shape index (κ1) is 21.5. The normalized spacial score (nSPS) is 12.6. The van der Waals surface area contributed by atoms with Gasteiger partial charge in [0.15, 0.2) is 5.78 Å². The van der Waals surface area contributed by atoms with Crippen molar-refractivity contribution in [2.75, 3.05) is 34.0 Å². The molecule has 0 saturated carbocycles. The molecule has 23 heavy (non-hydrogen) atoms. The summed E-state index contributed by atoms with van der Waals surface area (Å²) in [4.78, 5) is 34.7. The van der Waals surface area contributed by atoms with Crippen LogP contribution in [0.1, 0.15) is 32.6 Å². The molecule has 2 N–H and O–H groups in total. The van der Waals surface area contributed by atoms with Crippen LogP contribution < -0.4 is 0 Å². The van der Waals surface area contributed by atoms with Crippen molar-refractivity contribution in [1.29, 1.82) is 0 Å². The molecule has 0 aliphatic rings. The quantitative estimate of drug-likeness (QED) is 0.287. The van der Waals surface area contributed by atoms with Gasteiger partial charge in [-0.15, -0.1) is 0 Å². The van der Waals surface area contributed by atoms with Crippen LogP contribution in [0.3, 0.4) is 0 Å². The lowest BCUT2D eigenvalue weighted by molar-refractivity contribution is -0.163. The third-order valence-electron chi connectivity index (χ3n) is 3.35. The predicted octanol–water partition coefficient (Wildman–Crippen LogP) is -0.162. The van der Waals surface area contributed by atoms with E-state index in [9.17, 15) is 24.6 Å². The SMILES string of the molecule is COC(=O)CCCCC(=O)C(OCC(C)(CO)CO)C(=O)OC. The fourth-order valence-electron chi connectivity index (χ4n) is 1.63. The van der Waals surface area contributed by atoms with Gasteiger partial charge in [0.2, 0.25) is 6.10 Å². The van der Waals surface area contributed by atoms with Crippen molar-refractivity contribution in [3.63, 3.8) is 0 Å². The summed E-state index contributed by atoms with van der Waals surface area (Å²) in [6.07, 6.45) is -0.304. The van der Waals surface area contributed by atoms with E-state index < -0.39 is 23.3 Å². The highest BCUT2D eigenvalue weighted by atomic mass is 16.6. The number of aliphatic hydroxyl groups excluding tert-OH is 2. The second kappa shape index (κ2) is 11.1. The van der Waals surface area contributed by atoms with Crippen LogP contribution in [0.2, 0.25) is 0 Å². The maximum Gasteiger partial charge on any atom is 0.342 e. The lowest BCUT2D eigenvalue weighted by Crippen LogP contribution is -2.40. The van der Waals surface area contributed by atoms with E-state index in [1.807, 2.05) is 0 Å². The highest BCUT2D eigenvalue weighted by molar-refractivity contribution is 6.01. The van der Waals surface area contributed by atoms with Crippen LogP contribution in [-0.4, -0.2) is 68.1 Å². The summed E-state index contributed by atoms with van der Waals surface area (Å²) in [6.45, 7) is 0.672. The molecule has 0 rings (SSSR count). The summed E-state index contributed by atoms with van der Waals surface area (Å²) in [6, 6.07) is 0. The van der Waals surface area contributed by atoms with E-state index in [4.69, 9.17) is 4.74 Å². The molecule has 8 nitrogen and oxygen atoms in total. The number of esters is 2. The smallest absolute Gasteiger partial charge is 0.342 e. The number of hydrogen-bond donors (Lipinski definition) is 2. The van der Waals surface area contributed by atoms with Gasteiger partial charge < -0.3 is 24.4 Å². The zero-order chi connectivity index (χ0) is 17.9. The second-order valence-corrected chi connectivity index (χ2v) is 5.59. The zero-order valence-corrected chi connectivity index (χ0v) is 13.9. The summed E-state index contributed by atoms with van der Waals surface area (Å²) < 4.78 is 14.3. The number of methoxy groups -OCH3 is 2. The summed E-state index contributed by atoms with van der Waals surface area (Å²) in [7, 11) is 2.43. The first-order chi connectivity index (χ1) is 10.8. The second-order valence-electron chi connectivity index (χ2n) is 5.59. The number of Topliss-reactive ketones (excluding diaryl/α,β-unsaturated/α-hetero) is 1.